The number of anilines is 8. The maximum absolute atomic E-state index is 12.6. The van der Waals surface area contributed by atoms with Crippen LogP contribution >= 0.6 is 0 Å². The molecule has 4 amide bonds. The molecule has 14 heterocycles. The fraction of sp³-hybridized carbons (Fsp3) is 0.484. The van der Waals surface area contributed by atoms with Crippen LogP contribution in [0.3, 0.4) is 0 Å². The Morgan fingerprint density at radius 2 is 0.854 bits per heavy atom. The smallest absolute Gasteiger partial charge is 0.219 e. The van der Waals surface area contributed by atoms with E-state index < -0.39 is 15.3 Å². The molecular weight excluding hydrogens is 1580 g/mol. The number of hydrogen-bond acceptors (Lipinski definition) is 21. The number of aromatic nitrogens is 12. The number of nitriles is 1. The lowest BCUT2D eigenvalue weighted by molar-refractivity contribution is -0.130. The van der Waals surface area contributed by atoms with E-state index in [1.165, 1.54) is 22.6 Å². The molecule has 0 bridgehead atoms. The van der Waals surface area contributed by atoms with Crippen LogP contribution in [0.25, 0.3) is 22.3 Å². The zero-order valence-electron chi connectivity index (χ0n) is 72.3. The van der Waals surface area contributed by atoms with Gasteiger partial charge >= 0.3 is 0 Å². The molecule has 19 rings (SSSR count). The third kappa shape index (κ3) is 18.6. The number of ether oxygens (including phenoxy) is 4. The van der Waals surface area contributed by atoms with Gasteiger partial charge in [-0.1, -0.05) is 44.2 Å². The topological polar surface area (TPSA) is 331 Å². The zero-order valence-corrected chi connectivity index (χ0v) is 73.2. The van der Waals surface area contributed by atoms with Crippen LogP contribution in [0.1, 0.15) is 186 Å². The zero-order chi connectivity index (χ0) is 86.1. The van der Waals surface area contributed by atoms with Gasteiger partial charge in [-0.3, -0.25) is 47.3 Å². The van der Waals surface area contributed by atoms with E-state index in [0.29, 0.717) is 88.0 Å². The predicted octanol–water partition coefficient (Wildman–Crippen LogP) is 12.9. The average Bonchev–Trinajstić information content (AvgIpc) is 1.41. The summed E-state index contributed by atoms with van der Waals surface area (Å²) in [6, 6.07) is 31.0. The maximum atomic E-state index is 12.6. The largest absolute Gasteiger partial charge is 0.379 e. The first-order valence-corrected chi connectivity index (χ1v) is 44.7. The van der Waals surface area contributed by atoms with Gasteiger partial charge in [0.1, 0.15) is 0 Å². The number of sulfone groups is 1. The Bertz CT molecular complexity index is 5740. The second-order valence-electron chi connectivity index (χ2n) is 34.6. The summed E-state index contributed by atoms with van der Waals surface area (Å²) in [6.07, 6.45) is 16.3. The number of nitrogens with zero attached hydrogens (tertiary/aromatic N) is 17. The van der Waals surface area contributed by atoms with Gasteiger partial charge in [0.05, 0.1) is 111 Å². The highest BCUT2D eigenvalue weighted by Gasteiger charge is 2.39. The predicted molar refractivity (Wildman–Crippen MR) is 467 cm³/mol. The van der Waals surface area contributed by atoms with Crippen LogP contribution in [0.15, 0.2) is 115 Å². The molecule has 123 heavy (non-hydrogen) atoms. The number of hydrogen-bond donors (Lipinski definition) is 4. The van der Waals surface area contributed by atoms with Crippen molar-refractivity contribution in [2.45, 2.75) is 198 Å². The third-order valence-electron chi connectivity index (χ3n) is 25.1. The number of carbonyl (C=O) groups excluding carboxylic acids is 4. The van der Waals surface area contributed by atoms with Crippen molar-refractivity contribution in [3.8, 4) is 28.3 Å². The lowest BCUT2D eigenvalue weighted by atomic mass is 9.86. The van der Waals surface area contributed by atoms with Crippen LogP contribution in [-0.4, -0.2) is 195 Å². The van der Waals surface area contributed by atoms with E-state index >= 15 is 0 Å². The number of carbonyl (C=O) groups is 4. The van der Waals surface area contributed by atoms with E-state index in [4.69, 9.17) is 39.3 Å². The van der Waals surface area contributed by atoms with Gasteiger partial charge in [-0.2, -0.15) is 35.9 Å². The number of aryl methyl sites for hydroxylation is 3. The first-order chi connectivity index (χ1) is 59.2. The highest BCUT2D eigenvalue weighted by Crippen LogP contribution is 2.42. The Morgan fingerprint density at radius 3 is 1.20 bits per heavy atom. The molecule has 4 N–H and O–H groups in total. The molecule has 5 fully saturated rings. The van der Waals surface area contributed by atoms with E-state index in [1.54, 1.807) is 45.9 Å². The highest BCUT2D eigenvalue weighted by molar-refractivity contribution is 7.92. The van der Waals surface area contributed by atoms with Crippen molar-refractivity contribution in [3.05, 3.63) is 171 Å². The summed E-state index contributed by atoms with van der Waals surface area (Å²) in [5.74, 6) is 3.81. The van der Waals surface area contributed by atoms with Crippen LogP contribution in [0, 0.1) is 18.3 Å². The lowest BCUT2D eigenvalue weighted by Crippen LogP contribution is -2.35. The molecule has 6 aromatic heterocycles. The number of rotatable bonds is 18. The molecule has 1 aliphatic carbocycles. The van der Waals surface area contributed by atoms with Gasteiger partial charge in [-0.25, -0.2) is 8.42 Å². The number of amides is 4. The number of benzene rings is 4. The maximum Gasteiger partial charge on any atom is 0.219 e. The molecule has 4 unspecified atom stereocenters. The van der Waals surface area contributed by atoms with Crippen LogP contribution < -0.4 is 21.3 Å². The monoisotopic (exact) mass is 1690 g/mol. The summed E-state index contributed by atoms with van der Waals surface area (Å²) in [4.78, 5) is 55.9. The Kier molecular flexibility index (Phi) is 25.0. The fourth-order valence-corrected chi connectivity index (χ4v) is 19.4. The van der Waals surface area contributed by atoms with Crippen molar-refractivity contribution in [1.82, 2.24) is 78.3 Å². The molecule has 648 valence electrons. The van der Waals surface area contributed by atoms with Gasteiger partial charge in [-0.15, -0.1) is 0 Å². The van der Waals surface area contributed by atoms with Crippen molar-refractivity contribution < 1.29 is 46.5 Å². The second-order valence-corrected chi connectivity index (χ2v) is 36.8. The molecule has 1 saturated carbocycles. The summed E-state index contributed by atoms with van der Waals surface area (Å²) in [7, 11) is 0.594. The van der Waals surface area contributed by atoms with Crippen molar-refractivity contribution in [1.29, 1.82) is 5.26 Å². The van der Waals surface area contributed by atoms with Gasteiger partial charge < -0.3 is 59.8 Å². The van der Waals surface area contributed by atoms with Crippen LogP contribution in [0.2, 0.25) is 0 Å². The molecular formula is C91H113N21O10S. The minimum Gasteiger partial charge on any atom is -0.379 e. The molecule has 4 saturated heterocycles. The van der Waals surface area contributed by atoms with E-state index in [1.807, 2.05) is 117 Å². The molecule has 32 heteroatoms. The summed E-state index contributed by atoms with van der Waals surface area (Å²) in [6.45, 7) is 27.6. The van der Waals surface area contributed by atoms with E-state index in [0.717, 1.165) is 200 Å². The van der Waals surface area contributed by atoms with Crippen LogP contribution in [-0.2, 0) is 119 Å². The van der Waals surface area contributed by atoms with Gasteiger partial charge in [0.15, 0.2) is 33.1 Å². The minimum absolute atomic E-state index is 0.0427. The first-order valence-electron chi connectivity index (χ1n) is 43.1. The molecule has 10 aromatic rings. The molecule has 9 aliphatic rings. The normalized spacial score (nSPS) is 19.2. The fourth-order valence-electron chi connectivity index (χ4n) is 17.7. The number of nitrogens with one attached hydrogen (secondary N) is 4. The third-order valence-corrected chi connectivity index (χ3v) is 27.4. The molecule has 8 aliphatic heterocycles. The molecule has 4 aromatic carbocycles. The summed E-state index contributed by atoms with van der Waals surface area (Å²) in [5.41, 5.74) is 19.9. The van der Waals surface area contributed by atoms with Gasteiger partial charge in [-0.05, 0) is 148 Å². The van der Waals surface area contributed by atoms with E-state index in [2.05, 4.69) is 109 Å². The Hall–Kier alpha value is -11.5. The standard InChI is InChI=1S/C25H32N6O2.C23H28N6O2.C22H27N5O2.C21H26N4O4S/c1-16(2)21-11-18(19-12-26-29(4)13-19)5-6-23(21)27-25-22-14-30(17(3)32)9-7-24(22)31(28-25)20-8-10-33-15-20;1-15-10-17(18-11-24-27(3)12-18)4-5-21(15)25-23-20-13-28(16(2)30)8-6-22(20)29(26-23)19-7-9-31-14-19;1-15(28)26-9-7-20-19(12-26)21(25-27(20)18-8-10-29-13-18)24-17-6-4-5-16(11-17)22(2,3)14-23;1-14(26)24-9-7-20-19(12-24)21(23-25(20)16-8-10-29-13-16)22-15-3-2-4-18(11-15)30(27,28)17-5-6-17/h5-6,11-13,16,20H,7-10,14-15H2,1-4H3,(H,27,28);4-5,10-12,19H,6-9,13-14H2,1-3H3,(H,25,26);4-6,11,18H,7-10,12-13H2,1-3H3,(H,24,25);2-4,11,16-17H,5-10,12-13H2,1H3,(H,22,23). The Labute approximate surface area is 718 Å². The van der Waals surface area contributed by atoms with Crippen molar-refractivity contribution in [2.75, 3.05) is 100 Å². The van der Waals surface area contributed by atoms with Crippen molar-refractivity contribution >= 4 is 79.5 Å². The van der Waals surface area contributed by atoms with Crippen LogP contribution in [0.5, 0.6) is 0 Å². The van der Waals surface area contributed by atoms with Crippen molar-refractivity contribution in [3.63, 3.8) is 0 Å². The van der Waals surface area contributed by atoms with Crippen molar-refractivity contribution in [2.24, 2.45) is 14.1 Å². The van der Waals surface area contributed by atoms with Gasteiger partial charge in [0.25, 0.3) is 0 Å². The first kappa shape index (κ1) is 85.1. The lowest BCUT2D eigenvalue weighted by Gasteiger charge is -2.27. The summed E-state index contributed by atoms with van der Waals surface area (Å²) in [5, 5.41) is 51.5. The molecule has 0 radical (unpaired) electrons. The van der Waals surface area contributed by atoms with E-state index in [-0.39, 0.29) is 53.0 Å². The highest BCUT2D eigenvalue weighted by atomic mass is 32.2. The summed E-state index contributed by atoms with van der Waals surface area (Å²) < 4.78 is 59.7. The SMILES string of the molecule is CC(=O)N1CCc2c(c(Nc3ccc(-c4cnn(C)c4)cc3C(C)C)nn2C2CCOC2)C1.CC(=O)N1CCc2c(c(Nc3ccc(-c4cnn(C)c4)cc3C)nn2C2CCOC2)C1.CC(=O)N1CCc2c(c(Nc3cccc(C(C)(C)C#N)c3)nn2C2CCOC2)C1.CC(=O)N1CCc2c(c(Nc3cccc(S(=O)(=O)C4CC4)c3)nn2C2CCOC2)C1. The quantitative estimate of drug-likeness (QED) is 0.0620. The summed E-state index contributed by atoms with van der Waals surface area (Å²) >= 11 is 0. The molecule has 31 nitrogen and oxygen atoms in total. The average molecular weight is 1690 g/mol. The van der Waals surface area contributed by atoms with Crippen LogP contribution in [0.4, 0.5) is 46.0 Å². The Balaban J connectivity index is 0.000000122. The second kappa shape index (κ2) is 36.1. The minimum atomic E-state index is -3.26. The Morgan fingerprint density at radius 1 is 0.480 bits per heavy atom. The number of fused-ring (bicyclic) bond motifs is 4. The molecule has 4 atom stereocenters. The van der Waals surface area contributed by atoms with E-state index in [9.17, 15) is 32.9 Å². The van der Waals surface area contributed by atoms with Gasteiger partial charge in [0, 0.05) is 211 Å². The van der Waals surface area contributed by atoms with Gasteiger partial charge in [0.2, 0.25) is 23.6 Å². The molecule has 0 spiro atoms.